The van der Waals surface area contributed by atoms with Crippen molar-refractivity contribution in [1.29, 1.82) is 0 Å². The Morgan fingerprint density at radius 2 is 1.36 bits per heavy atom. The first-order valence-corrected chi connectivity index (χ1v) is 14.8. The van der Waals surface area contributed by atoms with Crippen molar-refractivity contribution in [1.82, 2.24) is 4.98 Å². The fraction of sp³-hybridized carbons (Fsp3) is 0.200. The molecule has 0 aliphatic rings. The normalized spacial score (nSPS) is 11.0. The summed E-state index contributed by atoms with van der Waals surface area (Å²) < 4.78 is 40.3. The smallest absolute Gasteiger partial charge is 0.203 e. The third-order valence-electron chi connectivity index (χ3n) is 6.87. The van der Waals surface area contributed by atoms with Gasteiger partial charge in [0.1, 0.15) is 18.2 Å². The number of methoxy groups -OCH3 is 5. The Hall–Kier alpha value is -5.22. The number of hydrogen-bond acceptors (Lipinski definition) is 10. The molecule has 0 fully saturated rings. The van der Waals surface area contributed by atoms with E-state index in [4.69, 9.17) is 38.1 Å². The summed E-state index contributed by atoms with van der Waals surface area (Å²) in [4.78, 5) is 17.7. The molecule has 0 saturated heterocycles. The number of para-hydroxylation sites is 1. The van der Waals surface area contributed by atoms with Crippen LogP contribution in [-0.2, 0) is 0 Å². The molecule has 0 radical (unpaired) electrons. The maximum atomic E-state index is 13.0. The summed E-state index contributed by atoms with van der Waals surface area (Å²) >= 11 is 1.63. The lowest BCUT2D eigenvalue weighted by Gasteiger charge is -2.14. The summed E-state index contributed by atoms with van der Waals surface area (Å²) in [6.07, 6.45) is 3.17. The summed E-state index contributed by atoms with van der Waals surface area (Å²) in [6.45, 7) is 0.510. The minimum Gasteiger partial charge on any atom is -0.493 e. The zero-order valence-corrected chi connectivity index (χ0v) is 26.4. The Kier molecular flexibility index (Phi) is 10.1. The number of ketones is 1. The van der Waals surface area contributed by atoms with E-state index >= 15 is 0 Å². The van der Waals surface area contributed by atoms with Crippen molar-refractivity contribution in [2.75, 3.05) is 48.8 Å². The molecule has 0 N–H and O–H groups in total. The Balaban J connectivity index is 1.23. The Labute approximate surface area is 265 Å². The van der Waals surface area contributed by atoms with Crippen LogP contribution in [0, 0.1) is 0 Å². The largest absolute Gasteiger partial charge is 0.493 e. The first kappa shape index (κ1) is 31.2. The maximum Gasteiger partial charge on any atom is 0.203 e. The van der Waals surface area contributed by atoms with Crippen LogP contribution in [0.3, 0.4) is 0 Å². The lowest BCUT2D eigenvalue weighted by molar-refractivity contribution is 0.104. The Bertz CT molecular complexity index is 1770. The first-order valence-electron chi connectivity index (χ1n) is 14.0. The zero-order chi connectivity index (χ0) is 31.8. The predicted molar refractivity (Wildman–Crippen MR) is 175 cm³/mol. The van der Waals surface area contributed by atoms with Gasteiger partial charge in [-0.1, -0.05) is 24.3 Å². The molecule has 1 heterocycles. The highest BCUT2D eigenvalue weighted by Gasteiger charge is 2.16. The van der Waals surface area contributed by atoms with E-state index in [1.54, 1.807) is 55.9 Å². The molecular weight excluding hydrogens is 594 g/mol. The van der Waals surface area contributed by atoms with Gasteiger partial charge in [0.05, 0.1) is 45.8 Å². The highest BCUT2D eigenvalue weighted by atomic mass is 32.1. The molecule has 5 rings (SSSR count). The summed E-state index contributed by atoms with van der Waals surface area (Å²) in [5, 5.41) is 0.913. The summed E-state index contributed by atoms with van der Waals surface area (Å²) in [5.41, 5.74) is 3.06. The van der Waals surface area contributed by atoms with Crippen LogP contribution in [0.1, 0.15) is 15.9 Å². The number of carbonyl (C=O) groups excluding carboxylic acids is 1. The fourth-order valence-electron chi connectivity index (χ4n) is 4.62. The number of aromatic nitrogens is 1. The van der Waals surface area contributed by atoms with E-state index in [2.05, 4.69) is 6.07 Å². The fourth-order valence-corrected chi connectivity index (χ4v) is 5.58. The number of allylic oxidation sites excluding steroid dienone is 1. The van der Waals surface area contributed by atoms with Crippen molar-refractivity contribution in [3.63, 3.8) is 0 Å². The van der Waals surface area contributed by atoms with Crippen LogP contribution in [0.2, 0.25) is 0 Å². The molecule has 0 aliphatic carbocycles. The number of carbonyl (C=O) groups is 1. The molecule has 232 valence electrons. The molecule has 5 aromatic rings. The molecule has 1 aromatic heterocycles. The number of rotatable bonds is 14. The average molecular weight is 628 g/mol. The van der Waals surface area contributed by atoms with Crippen LogP contribution in [0.5, 0.6) is 40.2 Å². The van der Waals surface area contributed by atoms with Crippen molar-refractivity contribution >= 4 is 33.4 Å². The van der Waals surface area contributed by atoms with E-state index in [0.29, 0.717) is 45.8 Å². The second-order valence-corrected chi connectivity index (χ2v) is 10.6. The number of hydrogen-bond donors (Lipinski definition) is 0. The van der Waals surface area contributed by atoms with Crippen LogP contribution in [0.25, 0.3) is 26.9 Å². The number of fused-ring (bicyclic) bond motifs is 1. The molecule has 0 spiro atoms. The Morgan fingerprint density at radius 3 is 2.02 bits per heavy atom. The van der Waals surface area contributed by atoms with Gasteiger partial charge in [-0.05, 0) is 66.2 Å². The minimum atomic E-state index is -0.232. The van der Waals surface area contributed by atoms with Gasteiger partial charge in [0.25, 0.3) is 0 Å². The van der Waals surface area contributed by atoms with E-state index in [1.165, 1.54) is 27.4 Å². The molecule has 0 saturated carbocycles. The topological polar surface area (TPSA) is 94.6 Å². The van der Waals surface area contributed by atoms with Gasteiger partial charge in [-0.3, -0.25) is 4.79 Å². The molecule has 0 aliphatic heterocycles. The van der Waals surface area contributed by atoms with Crippen LogP contribution in [0.15, 0.2) is 78.9 Å². The van der Waals surface area contributed by atoms with Gasteiger partial charge >= 0.3 is 0 Å². The molecule has 9 nitrogen and oxygen atoms in total. The van der Waals surface area contributed by atoms with E-state index in [0.717, 1.165) is 26.4 Å². The third-order valence-corrected chi connectivity index (χ3v) is 7.95. The van der Waals surface area contributed by atoms with Crippen molar-refractivity contribution < 1.29 is 38.0 Å². The molecule has 10 heteroatoms. The van der Waals surface area contributed by atoms with Crippen LogP contribution in [0.4, 0.5) is 0 Å². The number of thiazole rings is 1. The van der Waals surface area contributed by atoms with Gasteiger partial charge in [-0.25, -0.2) is 4.98 Å². The molecular formula is C35H33NO8S. The van der Waals surface area contributed by atoms with Crippen molar-refractivity contribution in [2.24, 2.45) is 0 Å². The monoisotopic (exact) mass is 627 g/mol. The second-order valence-electron chi connectivity index (χ2n) is 9.57. The van der Waals surface area contributed by atoms with Gasteiger partial charge in [-0.15, -0.1) is 11.3 Å². The second kappa shape index (κ2) is 14.5. The van der Waals surface area contributed by atoms with Crippen molar-refractivity contribution in [3.8, 4) is 50.8 Å². The average Bonchev–Trinajstić information content (AvgIpc) is 3.53. The van der Waals surface area contributed by atoms with Crippen LogP contribution in [-0.4, -0.2) is 59.5 Å². The molecule has 0 bridgehead atoms. The van der Waals surface area contributed by atoms with E-state index in [-0.39, 0.29) is 19.0 Å². The van der Waals surface area contributed by atoms with Crippen LogP contribution >= 0.6 is 11.3 Å². The van der Waals surface area contributed by atoms with Gasteiger partial charge in [0, 0.05) is 11.1 Å². The predicted octanol–water partition coefficient (Wildman–Crippen LogP) is 7.36. The first-order chi connectivity index (χ1) is 22.0. The highest BCUT2D eigenvalue weighted by molar-refractivity contribution is 7.21. The Morgan fingerprint density at radius 1 is 0.689 bits per heavy atom. The van der Waals surface area contributed by atoms with E-state index in [1.807, 2.05) is 42.5 Å². The molecule has 45 heavy (non-hydrogen) atoms. The molecule has 0 unspecified atom stereocenters. The van der Waals surface area contributed by atoms with E-state index in [9.17, 15) is 4.79 Å². The van der Waals surface area contributed by atoms with E-state index < -0.39 is 0 Å². The summed E-state index contributed by atoms with van der Waals surface area (Å²) in [5.74, 6) is 3.26. The number of ether oxygens (including phenoxy) is 7. The molecule has 0 amide bonds. The highest BCUT2D eigenvalue weighted by Crippen LogP contribution is 2.39. The number of nitrogens with zero attached hydrogens (tertiary/aromatic N) is 1. The standard InChI is InChI=1S/C35H33NO8S/c1-38-27-14-11-22(10-13-26(37)24-20-31(40-3)34(42-5)32(21-24)41-4)18-30(27)44-17-16-43-28-15-12-23(19-29(28)39-2)35-36-25-8-6-7-9-33(25)45-35/h6-15,18-21H,16-17H2,1-5H3/b13-10+. The maximum absolute atomic E-state index is 13.0. The van der Waals surface area contributed by atoms with Gasteiger partial charge in [-0.2, -0.15) is 0 Å². The van der Waals surface area contributed by atoms with Crippen molar-refractivity contribution in [2.45, 2.75) is 0 Å². The summed E-state index contributed by atoms with van der Waals surface area (Å²) in [6, 6.07) is 22.4. The summed E-state index contributed by atoms with van der Waals surface area (Å²) in [7, 11) is 7.69. The van der Waals surface area contributed by atoms with Gasteiger partial charge in [0.2, 0.25) is 5.75 Å². The third kappa shape index (κ3) is 7.13. The van der Waals surface area contributed by atoms with Gasteiger partial charge in [0.15, 0.2) is 40.3 Å². The zero-order valence-electron chi connectivity index (χ0n) is 25.6. The lowest BCUT2D eigenvalue weighted by atomic mass is 10.1. The van der Waals surface area contributed by atoms with Crippen LogP contribution < -0.4 is 33.2 Å². The SMILES string of the molecule is COc1cc(-c2nc3ccccc3s2)ccc1OCCOc1cc(/C=C/C(=O)c2cc(OC)c(OC)c(OC)c2)ccc1OC. The van der Waals surface area contributed by atoms with Gasteiger partial charge < -0.3 is 33.2 Å². The quantitative estimate of drug-likeness (QED) is 0.0711. The molecule has 4 aromatic carbocycles. The van der Waals surface area contributed by atoms with Crippen molar-refractivity contribution in [3.05, 3.63) is 90.0 Å². The molecule has 0 atom stereocenters. The minimum absolute atomic E-state index is 0.232. The lowest BCUT2D eigenvalue weighted by Crippen LogP contribution is -2.10. The number of benzene rings is 4.